The Labute approximate surface area is 109 Å². The molecule has 1 heterocycles. The first-order valence-corrected chi connectivity index (χ1v) is 7.24. The van der Waals surface area contributed by atoms with Crippen LogP contribution in [-0.4, -0.2) is 34.8 Å². The van der Waals surface area contributed by atoms with Gasteiger partial charge >= 0.3 is 0 Å². The maximum Gasteiger partial charge on any atom is 0.248 e. The van der Waals surface area contributed by atoms with Crippen molar-refractivity contribution < 1.29 is 9.59 Å². The molecule has 1 aliphatic heterocycles. The molecular weight excluding hydrogens is 228 g/mol. The molecule has 0 bridgehead atoms. The van der Waals surface area contributed by atoms with Crippen LogP contribution < -0.4 is 5.32 Å². The summed E-state index contributed by atoms with van der Waals surface area (Å²) >= 11 is 0. The van der Waals surface area contributed by atoms with E-state index in [1.54, 1.807) is 4.90 Å². The number of amides is 2. The topological polar surface area (TPSA) is 49.4 Å². The molecule has 1 atom stereocenters. The molecule has 2 rings (SSSR count). The highest BCUT2D eigenvalue weighted by atomic mass is 16.2. The molecule has 0 aromatic carbocycles. The summed E-state index contributed by atoms with van der Waals surface area (Å²) in [4.78, 5) is 26.5. The van der Waals surface area contributed by atoms with Gasteiger partial charge in [0.05, 0.1) is 0 Å². The van der Waals surface area contributed by atoms with E-state index in [9.17, 15) is 9.59 Å². The lowest BCUT2D eigenvalue weighted by Crippen LogP contribution is -2.68. The molecule has 2 aliphatic rings. The number of carbonyl (C=O) groups is 2. The lowest BCUT2D eigenvalue weighted by molar-refractivity contribution is -0.154. The number of hydrogen-bond donors (Lipinski definition) is 1. The molecular formula is C14H24N2O2. The van der Waals surface area contributed by atoms with Gasteiger partial charge in [-0.15, -0.1) is 0 Å². The second kappa shape index (κ2) is 5.29. The summed E-state index contributed by atoms with van der Waals surface area (Å²) in [5, 5.41) is 2.98. The lowest BCUT2D eigenvalue weighted by Gasteiger charge is -2.43. The molecule has 1 spiro atoms. The number of piperazine rings is 1. The van der Waals surface area contributed by atoms with Gasteiger partial charge < -0.3 is 10.2 Å². The predicted molar refractivity (Wildman–Crippen MR) is 70.0 cm³/mol. The number of unbranched alkanes of at least 4 members (excludes halogenated alkanes) is 2. The van der Waals surface area contributed by atoms with Gasteiger partial charge in [0.25, 0.3) is 0 Å². The minimum absolute atomic E-state index is 0.0213. The van der Waals surface area contributed by atoms with Crippen LogP contribution in [0.4, 0.5) is 0 Å². The molecule has 1 unspecified atom stereocenters. The maximum absolute atomic E-state index is 12.6. The number of hydrogen-bond acceptors (Lipinski definition) is 2. The SMILES string of the molecule is CCCCCN1C(=O)C2(CCCC2)NC(=O)C1C. The van der Waals surface area contributed by atoms with Crippen molar-refractivity contribution in [2.24, 2.45) is 0 Å². The minimum Gasteiger partial charge on any atom is -0.340 e. The third-order valence-corrected chi connectivity index (χ3v) is 4.34. The van der Waals surface area contributed by atoms with E-state index in [1.807, 2.05) is 6.92 Å². The second-order valence-corrected chi connectivity index (χ2v) is 5.66. The van der Waals surface area contributed by atoms with Crippen LogP contribution in [0.25, 0.3) is 0 Å². The standard InChI is InChI=1S/C14H24N2O2/c1-3-4-7-10-16-11(2)12(17)15-14(13(16)18)8-5-6-9-14/h11H,3-10H2,1-2H3,(H,15,17). The first kappa shape index (κ1) is 13.4. The molecule has 1 saturated heterocycles. The van der Waals surface area contributed by atoms with E-state index < -0.39 is 5.54 Å². The van der Waals surface area contributed by atoms with Crippen molar-refractivity contribution in [3.63, 3.8) is 0 Å². The quantitative estimate of drug-likeness (QED) is 0.776. The van der Waals surface area contributed by atoms with Crippen LogP contribution >= 0.6 is 0 Å². The number of nitrogens with one attached hydrogen (secondary N) is 1. The molecule has 4 heteroatoms. The Morgan fingerprint density at radius 2 is 1.94 bits per heavy atom. The first-order valence-electron chi connectivity index (χ1n) is 7.24. The lowest BCUT2D eigenvalue weighted by atomic mass is 9.91. The van der Waals surface area contributed by atoms with Gasteiger partial charge in [-0.05, 0) is 26.2 Å². The van der Waals surface area contributed by atoms with Crippen molar-refractivity contribution in [3.05, 3.63) is 0 Å². The molecule has 0 radical (unpaired) electrons. The van der Waals surface area contributed by atoms with Crippen LogP contribution in [0, 0.1) is 0 Å². The Bertz CT molecular complexity index is 335. The third kappa shape index (κ3) is 2.25. The average Bonchev–Trinajstić information content (AvgIpc) is 2.81. The van der Waals surface area contributed by atoms with Crippen molar-refractivity contribution in [1.29, 1.82) is 0 Å². The Hall–Kier alpha value is -1.06. The molecule has 2 amide bonds. The monoisotopic (exact) mass is 252 g/mol. The fourth-order valence-electron chi connectivity index (χ4n) is 3.13. The van der Waals surface area contributed by atoms with Crippen LogP contribution in [0.2, 0.25) is 0 Å². The van der Waals surface area contributed by atoms with E-state index in [4.69, 9.17) is 0 Å². The molecule has 0 aromatic heterocycles. The fraction of sp³-hybridized carbons (Fsp3) is 0.857. The van der Waals surface area contributed by atoms with E-state index in [1.165, 1.54) is 0 Å². The summed E-state index contributed by atoms with van der Waals surface area (Å²) in [6.07, 6.45) is 6.96. The van der Waals surface area contributed by atoms with Crippen molar-refractivity contribution >= 4 is 11.8 Å². The van der Waals surface area contributed by atoms with E-state index in [2.05, 4.69) is 12.2 Å². The highest BCUT2D eigenvalue weighted by molar-refractivity contribution is 5.99. The molecule has 1 aliphatic carbocycles. The average molecular weight is 252 g/mol. The Morgan fingerprint density at radius 3 is 2.56 bits per heavy atom. The Balaban J connectivity index is 2.10. The van der Waals surface area contributed by atoms with Gasteiger partial charge in [-0.2, -0.15) is 0 Å². The molecule has 1 N–H and O–H groups in total. The molecule has 1 saturated carbocycles. The second-order valence-electron chi connectivity index (χ2n) is 5.66. The zero-order valence-corrected chi connectivity index (χ0v) is 11.5. The summed E-state index contributed by atoms with van der Waals surface area (Å²) < 4.78 is 0. The first-order chi connectivity index (χ1) is 8.60. The fourth-order valence-corrected chi connectivity index (χ4v) is 3.13. The van der Waals surface area contributed by atoms with Gasteiger partial charge in [0.1, 0.15) is 11.6 Å². The van der Waals surface area contributed by atoms with E-state index in [0.29, 0.717) is 0 Å². The summed E-state index contributed by atoms with van der Waals surface area (Å²) in [5.41, 5.74) is -0.560. The predicted octanol–water partition coefficient (Wildman–Crippen LogP) is 1.84. The highest BCUT2D eigenvalue weighted by Crippen LogP contribution is 2.34. The third-order valence-electron chi connectivity index (χ3n) is 4.34. The zero-order valence-electron chi connectivity index (χ0n) is 11.5. The largest absolute Gasteiger partial charge is 0.340 e. The van der Waals surface area contributed by atoms with Crippen LogP contribution in [0.15, 0.2) is 0 Å². The Kier molecular flexibility index (Phi) is 3.93. The summed E-state index contributed by atoms with van der Waals surface area (Å²) in [6.45, 7) is 4.70. The molecule has 4 nitrogen and oxygen atoms in total. The van der Waals surface area contributed by atoms with Gasteiger partial charge in [-0.1, -0.05) is 32.6 Å². The molecule has 2 fully saturated rings. The molecule has 18 heavy (non-hydrogen) atoms. The van der Waals surface area contributed by atoms with E-state index >= 15 is 0 Å². The number of rotatable bonds is 4. The van der Waals surface area contributed by atoms with Crippen molar-refractivity contribution in [2.45, 2.75) is 70.4 Å². The normalized spacial score (nSPS) is 26.8. The van der Waals surface area contributed by atoms with Crippen molar-refractivity contribution in [1.82, 2.24) is 10.2 Å². The van der Waals surface area contributed by atoms with E-state index in [0.717, 1.165) is 51.5 Å². The summed E-state index contributed by atoms with van der Waals surface area (Å²) in [6, 6.07) is -0.305. The number of carbonyl (C=O) groups excluding carboxylic acids is 2. The maximum atomic E-state index is 12.6. The van der Waals surface area contributed by atoms with E-state index in [-0.39, 0.29) is 17.9 Å². The Morgan fingerprint density at radius 1 is 1.28 bits per heavy atom. The van der Waals surface area contributed by atoms with Crippen LogP contribution in [0.5, 0.6) is 0 Å². The van der Waals surface area contributed by atoms with Gasteiger partial charge in [-0.3, -0.25) is 9.59 Å². The summed E-state index contributed by atoms with van der Waals surface area (Å²) in [7, 11) is 0. The van der Waals surface area contributed by atoms with Gasteiger partial charge in [0.2, 0.25) is 11.8 Å². The highest BCUT2D eigenvalue weighted by Gasteiger charge is 2.50. The molecule has 102 valence electrons. The van der Waals surface area contributed by atoms with Crippen LogP contribution in [0.1, 0.15) is 58.8 Å². The van der Waals surface area contributed by atoms with Crippen molar-refractivity contribution in [2.75, 3.05) is 6.54 Å². The number of nitrogens with zero attached hydrogens (tertiary/aromatic N) is 1. The van der Waals surface area contributed by atoms with Crippen LogP contribution in [-0.2, 0) is 9.59 Å². The van der Waals surface area contributed by atoms with Gasteiger partial charge in [0.15, 0.2) is 0 Å². The van der Waals surface area contributed by atoms with Gasteiger partial charge in [-0.25, -0.2) is 0 Å². The van der Waals surface area contributed by atoms with Gasteiger partial charge in [0, 0.05) is 6.54 Å². The van der Waals surface area contributed by atoms with Crippen LogP contribution in [0.3, 0.4) is 0 Å². The molecule has 0 aromatic rings. The zero-order chi connectivity index (χ0) is 13.2. The minimum atomic E-state index is -0.560. The summed E-state index contributed by atoms with van der Waals surface area (Å²) in [5.74, 6) is 0.177. The smallest absolute Gasteiger partial charge is 0.248 e. The van der Waals surface area contributed by atoms with Crippen molar-refractivity contribution in [3.8, 4) is 0 Å².